The lowest BCUT2D eigenvalue weighted by molar-refractivity contribution is 0.101. The number of rotatable bonds is 3. The third-order valence-corrected chi connectivity index (χ3v) is 3.02. The number of nitrogens with one attached hydrogen (secondary N) is 1. The zero-order chi connectivity index (χ0) is 11.7. The molecule has 5 nitrogen and oxygen atoms in total. The molecule has 0 aliphatic rings. The molecular formula is C10H12N4OS. The summed E-state index contributed by atoms with van der Waals surface area (Å²) in [6.07, 6.45) is 1.84. The first-order valence-corrected chi connectivity index (χ1v) is 5.59. The molecule has 0 saturated carbocycles. The fourth-order valence-electron chi connectivity index (χ4n) is 1.47. The van der Waals surface area contributed by atoms with E-state index in [0.29, 0.717) is 11.4 Å². The number of anilines is 2. The number of nitrogens with zero attached hydrogens (tertiary/aromatic N) is 3. The standard InChI is InChI=1S/C10H12N4OS/c1-6-9(7(2)15)10(16-13-6)11-8-4-5-14(3)12-8/h4-5H,1-3H3,(H,11,12). The molecule has 1 N–H and O–H groups in total. The van der Waals surface area contributed by atoms with E-state index in [2.05, 4.69) is 14.8 Å². The van der Waals surface area contributed by atoms with Crippen molar-refractivity contribution in [1.82, 2.24) is 14.2 Å². The first-order valence-electron chi connectivity index (χ1n) is 4.82. The Balaban J connectivity index is 2.31. The molecule has 0 aliphatic heterocycles. The van der Waals surface area contributed by atoms with Crippen LogP contribution in [0.3, 0.4) is 0 Å². The number of hydrogen-bond donors (Lipinski definition) is 1. The Bertz CT molecular complexity index is 529. The molecule has 6 heteroatoms. The van der Waals surface area contributed by atoms with Gasteiger partial charge in [-0.3, -0.25) is 9.48 Å². The Morgan fingerprint density at radius 3 is 2.88 bits per heavy atom. The summed E-state index contributed by atoms with van der Waals surface area (Å²) in [5, 5.41) is 8.04. The van der Waals surface area contributed by atoms with Crippen LogP contribution in [0.4, 0.5) is 10.8 Å². The Morgan fingerprint density at radius 2 is 2.31 bits per heavy atom. The summed E-state index contributed by atoms with van der Waals surface area (Å²) in [7, 11) is 1.84. The van der Waals surface area contributed by atoms with Gasteiger partial charge >= 0.3 is 0 Å². The van der Waals surface area contributed by atoms with Gasteiger partial charge in [0.25, 0.3) is 0 Å². The van der Waals surface area contributed by atoms with Crippen molar-refractivity contribution >= 4 is 28.1 Å². The van der Waals surface area contributed by atoms with Crippen LogP contribution in [0, 0.1) is 6.92 Å². The lowest BCUT2D eigenvalue weighted by Crippen LogP contribution is -1.99. The lowest BCUT2D eigenvalue weighted by Gasteiger charge is -2.01. The number of hydrogen-bond acceptors (Lipinski definition) is 5. The van der Waals surface area contributed by atoms with E-state index in [0.717, 1.165) is 10.7 Å². The van der Waals surface area contributed by atoms with Crippen molar-refractivity contribution in [2.45, 2.75) is 13.8 Å². The number of aryl methyl sites for hydroxylation is 2. The molecule has 0 saturated heterocycles. The second kappa shape index (κ2) is 4.05. The molecule has 2 heterocycles. The maximum atomic E-state index is 11.4. The number of carbonyl (C=O) groups excluding carboxylic acids is 1. The predicted octanol–water partition coefficient (Wildman–Crippen LogP) is 2.13. The SMILES string of the molecule is CC(=O)c1c(C)nsc1Nc1ccn(C)n1. The molecule has 2 aromatic heterocycles. The van der Waals surface area contributed by atoms with Gasteiger partial charge in [-0.1, -0.05) is 0 Å². The van der Waals surface area contributed by atoms with Gasteiger partial charge < -0.3 is 5.32 Å². The van der Waals surface area contributed by atoms with E-state index in [1.165, 1.54) is 11.5 Å². The molecule has 0 aromatic carbocycles. The van der Waals surface area contributed by atoms with Crippen molar-refractivity contribution in [3.63, 3.8) is 0 Å². The van der Waals surface area contributed by atoms with Crippen LogP contribution >= 0.6 is 11.5 Å². The normalized spacial score (nSPS) is 10.4. The van der Waals surface area contributed by atoms with E-state index in [4.69, 9.17) is 0 Å². The lowest BCUT2D eigenvalue weighted by atomic mass is 10.2. The summed E-state index contributed by atoms with van der Waals surface area (Å²) >= 11 is 1.28. The van der Waals surface area contributed by atoms with Crippen molar-refractivity contribution < 1.29 is 4.79 Å². The summed E-state index contributed by atoms with van der Waals surface area (Å²) in [4.78, 5) is 11.4. The van der Waals surface area contributed by atoms with Crippen LogP contribution in [0.1, 0.15) is 23.0 Å². The molecule has 16 heavy (non-hydrogen) atoms. The fraction of sp³-hybridized carbons (Fsp3) is 0.300. The largest absolute Gasteiger partial charge is 0.329 e. The summed E-state index contributed by atoms with van der Waals surface area (Å²) in [5.41, 5.74) is 1.41. The van der Waals surface area contributed by atoms with E-state index >= 15 is 0 Å². The Morgan fingerprint density at radius 1 is 1.56 bits per heavy atom. The van der Waals surface area contributed by atoms with Gasteiger partial charge in [0.1, 0.15) is 5.00 Å². The topological polar surface area (TPSA) is 59.8 Å². The first kappa shape index (κ1) is 10.8. The van der Waals surface area contributed by atoms with Crippen LogP contribution in [0.2, 0.25) is 0 Å². The molecule has 0 atom stereocenters. The van der Waals surface area contributed by atoms with Crippen molar-refractivity contribution in [2.75, 3.05) is 5.32 Å². The number of ketones is 1. The van der Waals surface area contributed by atoms with Gasteiger partial charge in [-0.25, -0.2) is 0 Å². The third-order valence-electron chi connectivity index (χ3n) is 2.17. The van der Waals surface area contributed by atoms with Gasteiger partial charge in [0.2, 0.25) is 0 Å². The minimum atomic E-state index is 0.0182. The highest BCUT2D eigenvalue weighted by atomic mass is 32.1. The van der Waals surface area contributed by atoms with Crippen molar-refractivity contribution in [2.24, 2.45) is 7.05 Å². The van der Waals surface area contributed by atoms with E-state index in [1.54, 1.807) is 11.6 Å². The summed E-state index contributed by atoms with van der Waals surface area (Å²) in [5.74, 6) is 0.735. The molecule has 0 bridgehead atoms. The minimum absolute atomic E-state index is 0.0182. The monoisotopic (exact) mass is 236 g/mol. The van der Waals surface area contributed by atoms with Gasteiger partial charge in [0.05, 0.1) is 11.3 Å². The molecule has 0 amide bonds. The van der Waals surface area contributed by atoms with E-state index in [9.17, 15) is 4.79 Å². The maximum Gasteiger partial charge on any atom is 0.164 e. The van der Waals surface area contributed by atoms with Crippen LogP contribution in [0.25, 0.3) is 0 Å². The number of Topliss-reactive ketones (excluding diaryl/α,β-unsaturated/α-hetero) is 1. The van der Waals surface area contributed by atoms with Crippen molar-refractivity contribution in [3.05, 3.63) is 23.5 Å². The Kier molecular flexibility index (Phi) is 2.74. The zero-order valence-electron chi connectivity index (χ0n) is 9.31. The van der Waals surface area contributed by atoms with Crippen LogP contribution < -0.4 is 5.32 Å². The third kappa shape index (κ3) is 1.96. The first-order chi connectivity index (χ1) is 7.58. The second-order valence-electron chi connectivity index (χ2n) is 3.53. The zero-order valence-corrected chi connectivity index (χ0v) is 10.1. The molecular weight excluding hydrogens is 224 g/mol. The predicted molar refractivity (Wildman–Crippen MR) is 63.3 cm³/mol. The van der Waals surface area contributed by atoms with Gasteiger partial charge in [-0.15, -0.1) is 0 Å². The smallest absolute Gasteiger partial charge is 0.164 e. The average molecular weight is 236 g/mol. The van der Waals surface area contributed by atoms with Crippen LogP contribution in [-0.4, -0.2) is 19.9 Å². The highest BCUT2D eigenvalue weighted by Crippen LogP contribution is 2.27. The molecule has 0 aliphatic carbocycles. The van der Waals surface area contributed by atoms with Crippen molar-refractivity contribution in [3.8, 4) is 0 Å². The van der Waals surface area contributed by atoms with Crippen LogP contribution in [0.15, 0.2) is 12.3 Å². The van der Waals surface area contributed by atoms with Crippen molar-refractivity contribution in [1.29, 1.82) is 0 Å². The highest BCUT2D eigenvalue weighted by Gasteiger charge is 2.15. The summed E-state index contributed by atoms with van der Waals surface area (Å²) in [6.45, 7) is 3.37. The average Bonchev–Trinajstić information content (AvgIpc) is 2.74. The number of aromatic nitrogens is 3. The number of carbonyl (C=O) groups is 1. The highest BCUT2D eigenvalue weighted by molar-refractivity contribution is 7.10. The summed E-state index contributed by atoms with van der Waals surface area (Å²) < 4.78 is 5.86. The quantitative estimate of drug-likeness (QED) is 0.829. The molecule has 2 aromatic rings. The van der Waals surface area contributed by atoms with Gasteiger partial charge in [-0.2, -0.15) is 9.47 Å². The van der Waals surface area contributed by atoms with Gasteiger partial charge in [0.15, 0.2) is 11.6 Å². The van der Waals surface area contributed by atoms with Gasteiger partial charge in [-0.05, 0) is 25.4 Å². The van der Waals surface area contributed by atoms with E-state index in [1.807, 2.05) is 26.2 Å². The van der Waals surface area contributed by atoms with E-state index < -0.39 is 0 Å². The molecule has 0 spiro atoms. The Labute approximate surface area is 97.3 Å². The molecule has 2 rings (SSSR count). The van der Waals surface area contributed by atoms with Gasteiger partial charge in [0, 0.05) is 19.3 Å². The molecule has 84 valence electrons. The molecule has 0 unspecified atom stereocenters. The Hall–Kier alpha value is -1.69. The molecule has 0 fully saturated rings. The molecule has 0 radical (unpaired) electrons. The van der Waals surface area contributed by atoms with E-state index in [-0.39, 0.29) is 5.78 Å². The van der Waals surface area contributed by atoms with Crippen LogP contribution in [-0.2, 0) is 7.05 Å². The second-order valence-corrected chi connectivity index (χ2v) is 4.30. The van der Waals surface area contributed by atoms with Crippen LogP contribution in [0.5, 0.6) is 0 Å². The maximum absolute atomic E-state index is 11.4. The summed E-state index contributed by atoms with van der Waals surface area (Å²) in [6, 6.07) is 1.85. The fourth-order valence-corrected chi connectivity index (χ4v) is 2.32. The minimum Gasteiger partial charge on any atom is -0.329 e.